The van der Waals surface area contributed by atoms with Gasteiger partial charge in [-0.1, -0.05) is 23.2 Å². The Morgan fingerprint density at radius 3 is 2.48 bits per heavy atom. The Morgan fingerprint density at radius 2 is 1.82 bits per heavy atom. The number of anilines is 1. The van der Waals surface area contributed by atoms with Crippen LogP contribution in [0.3, 0.4) is 0 Å². The van der Waals surface area contributed by atoms with Crippen molar-refractivity contribution < 1.29 is 28.7 Å². The summed E-state index contributed by atoms with van der Waals surface area (Å²) in [6, 6.07) is 11.0. The Hall–Kier alpha value is -3.30. The summed E-state index contributed by atoms with van der Waals surface area (Å²) in [5.41, 5.74) is 3.16. The number of halogens is 2. The van der Waals surface area contributed by atoms with Crippen LogP contribution in [0.1, 0.15) is 23.7 Å². The molecule has 2 aromatic rings. The second-order valence-corrected chi connectivity index (χ2v) is 7.90. The van der Waals surface area contributed by atoms with Crippen LogP contribution in [0, 0.1) is 5.92 Å². The van der Waals surface area contributed by atoms with Gasteiger partial charge in [0.2, 0.25) is 5.91 Å². The van der Waals surface area contributed by atoms with E-state index in [0.29, 0.717) is 23.1 Å². The predicted molar refractivity (Wildman–Crippen MR) is 121 cm³/mol. The zero-order chi connectivity index (χ0) is 24.0. The van der Waals surface area contributed by atoms with Crippen LogP contribution in [0.5, 0.6) is 5.75 Å². The number of hydrogen-bond acceptors (Lipinski definition) is 6. The number of hydrogen-bond donors (Lipinski definition) is 2. The quantitative estimate of drug-likeness (QED) is 0.546. The molecule has 1 heterocycles. The molecule has 1 aliphatic heterocycles. The van der Waals surface area contributed by atoms with E-state index in [1.54, 1.807) is 24.3 Å². The van der Waals surface area contributed by atoms with Crippen molar-refractivity contribution in [3.63, 3.8) is 0 Å². The number of ether oxygens (including phenoxy) is 2. The maximum Gasteiger partial charge on any atom is 0.311 e. The van der Waals surface area contributed by atoms with Crippen LogP contribution >= 0.6 is 23.2 Å². The number of carbonyl (C=O) groups is 4. The number of rotatable bonds is 8. The van der Waals surface area contributed by atoms with Crippen molar-refractivity contribution in [2.24, 2.45) is 5.92 Å². The van der Waals surface area contributed by atoms with Gasteiger partial charge in [-0.2, -0.15) is 0 Å². The van der Waals surface area contributed by atoms with E-state index in [1.165, 1.54) is 18.2 Å². The number of nitrogens with zero attached hydrogens (tertiary/aromatic N) is 1. The molecule has 0 unspecified atom stereocenters. The first kappa shape index (κ1) is 24.3. The molecule has 11 heteroatoms. The lowest BCUT2D eigenvalue weighted by Gasteiger charge is -2.17. The van der Waals surface area contributed by atoms with E-state index in [9.17, 15) is 19.2 Å². The summed E-state index contributed by atoms with van der Waals surface area (Å²) in [5, 5.41) is 4.13. The van der Waals surface area contributed by atoms with Crippen LogP contribution in [-0.4, -0.2) is 48.5 Å². The van der Waals surface area contributed by atoms with Gasteiger partial charge < -0.3 is 14.8 Å². The predicted octanol–water partition coefficient (Wildman–Crippen LogP) is 3.07. The van der Waals surface area contributed by atoms with Gasteiger partial charge in [0, 0.05) is 17.7 Å². The maximum atomic E-state index is 12.3. The van der Waals surface area contributed by atoms with Crippen molar-refractivity contribution in [1.29, 1.82) is 0 Å². The van der Waals surface area contributed by atoms with E-state index >= 15 is 0 Å². The van der Waals surface area contributed by atoms with Gasteiger partial charge in [-0.3, -0.25) is 29.6 Å². The SMILES string of the molecule is CCOc1ccc(NC(=O)COC(=O)[C@@H]2CC(=O)N(NC(=O)c3ccc(Cl)c(Cl)c3)C2)cc1. The minimum absolute atomic E-state index is 0.0781. The monoisotopic (exact) mass is 493 g/mol. The Morgan fingerprint density at radius 1 is 1.09 bits per heavy atom. The molecule has 0 aliphatic carbocycles. The molecule has 1 aliphatic rings. The van der Waals surface area contributed by atoms with Crippen molar-refractivity contribution in [1.82, 2.24) is 10.4 Å². The van der Waals surface area contributed by atoms with Crippen molar-refractivity contribution in [2.45, 2.75) is 13.3 Å². The Labute approximate surface area is 199 Å². The first-order valence-electron chi connectivity index (χ1n) is 10.0. The summed E-state index contributed by atoms with van der Waals surface area (Å²) in [5.74, 6) is -2.42. The molecule has 9 nitrogen and oxygen atoms in total. The average molecular weight is 494 g/mol. The molecule has 0 saturated carbocycles. The minimum atomic E-state index is -0.815. The molecule has 2 N–H and O–H groups in total. The van der Waals surface area contributed by atoms with E-state index < -0.39 is 36.2 Å². The third kappa shape index (κ3) is 6.59. The number of nitrogens with one attached hydrogen (secondary N) is 2. The lowest BCUT2D eigenvalue weighted by Crippen LogP contribution is -2.43. The van der Waals surface area contributed by atoms with Gasteiger partial charge in [-0.05, 0) is 49.4 Å². The van der Waals surface area contributed by atoms with Crippen molar-refractivity contribution in [3.05, 3.63) is 58.1 Å². The lowest BCUT2D eigenvalue weighted by molar-refractivity contribution is -0.151. The average Bonchev–Trinajstić information content (AvgIpc) is 3.15. The molecule has 0 aromatic heterocycles. The summed E-state index contributed by atoms with van der Waals surface area (Å²) >= 11 is 11.7. The fourth-order valence-corrected chi connectivity index (χ4v) is 3.35. The zero-order valence-electron chi connectivity index (χ0n) is 17.6. The van der Waals surface area contributed by atoms with Gasteiger partial charge >= 0.3 is 5.97 Å². The van der Waals surface area contributed by atoms with Crippen LogP contribution in [0.25, 0.3) is 0 Å². The molecule has 1 saturated heterocycles. The van der Waals surface area contributed by atoms with Gasteiger partial charge in [-0.15, -0.1) is 0 Å². The Kier molecular flexibility index (Phi) is 8.13. The normalized spacial score (nSPS) is 15.2. The van der Waals surface area contributed by atoms with Crippen LogP contribution in [0.15, 0.2) is 42.5 Å². The molecule has 3 amide bonds. The van der Waals surface area contributed by atoms with Crippen LogP contribution in [0.4, 0.5) is 5.69 Å². The molecule has 174 valence electrons. The van der Waals surface area contributed by atoms with Crippen molar-refractivity contribution in [3.8, 4) is 5.75 Å². The molecule has 0 radical (unpaired) electrons. The zero-order valence-corrected chi connectivity index (χ0v) is 19.1. The number of benzene rings is 2. The summed E-state index contributed by atoms with van der Waals surface area (Å²) < 4.78 is 10.4. The van der Waals surface area contributed by atoms with E-state index in [0.717, 1.165) is 5.01 Å². The molecular weight excluding hydrogens is 473 g/mol. The summed E-state index contributed by atoms with van der Waals surface area (Å²) in [6.07, 6.45) is -0.152. The third-order valence-electron chi connectivity index (χ3n) is 4.67. The van der Waals surface area contributed by atoms with Gasteiger partial charge in [0.1, 0.15) is 5.75 Å². The van der Waals surface area contributed by atoms with E-state index in [2.05, 4.69) is 10.7 Å². The van der Waals surface area contributed by atoms with Gasteiger partial charge in [0.25, 0.3) is 11.8 Å². The summed E-state index contributed by atoms with van der Waals surface area (Å²) in [6.45, 7) is 1.81. The number of amides is 3. The second-order valence-electron chi connectivity index (χ2n) is 7.09. The summed E-state index contributed by atoms with van der Waals surface area (Å²) in [7, 11) is 0. The highest BCUT2D eigenvalue weighted by Crippen LogP contribution is 2.23. The van der Waals surface area contributed by atoms with E-state index in [-0.39, 0.29) is 23.6 Å². The molecule has 0 spiro atoms. The topological polar surface area (TPSA) is 114 Å². The molecule has 2 aromatic carbocycles. The highest BCUT2D eigenvalue weighted by atomic mass is 35.5. The van der Waals surface area contributed by atoms with E-state index in [4.69, 9.17) is 32.7 Å². The molecule has 3 rings (SSSR count). The summed E-state index contributed by atoms with van der Waals surface area (Å²) in [4.78, 5) is 48.9. The van der Waals surface area contributed by atoms with Crippen LogP contribution in [0.2, 0.25) is 10.0 Å². The van der Waals surface area contributed by atoms with Crippen LogP contribution in [-0.2, 0) is 19.1 Å². The lowest BCUT2D eigenvalue weighted by atomic mass is 10.1. The van der Waals surface area contributed by atoms with Gasteiger partial charge in [0.15, 0.2) is 6.61 Å². The fraction of sp³-hybridized carbons (Fsp3) is 0.273. The third-order valence-corrected chi connectivity index (χ3v) is 5.41. The largest absolute Gasteiger partial charge is 0.494 e. The molecule has 33 heavy (non-hydrogen) atoms. The number of esters is 1. The first-order valence-corrected chi connectivity index (χ1v) is 10.8. The smallest absolute Gasteiger partial charge is 0.311 e. The van der Waals surface area contributed by atoms with Crippen molar-refractivity contribution >= 4 is 52.6 Å². The standard InChI is InChI=1S/C22H21Cl2N3O6/c1-2-32-16-6-4-15(5-7-16)25-19(28)12-33-22(31)14-10-20(29)27(11-14)26-21(30)13-3-8-17(23)18(24)9-13/h3-9,14H,2,10-12H2,1H3,(H,25,28)(H,26,30)/t14-/m1/s1. The van der Waals surface area contributed by atoms with Crippen molar-refractivity contribution in [2.75, 3.05) is 25.1 Å². The highest BCUT2D eigenvalue weighted by Gasteiger charge is 2.36. The first-order chi connectivity index (χ1) is 15.8. The molecular formula is C22H21Cl2N3O6. The van der Waals surface area contributed by atoms with Gasteiger partial charge in [-0.25, -0.2) is 0 Å². The Balaban J connectivity index is 1.46. The minimum Gasteiger partial charge on any atom is -0.494 e. The van der Waals surface area contributed by atoms with Gasteiger partial charge in [0.05, 0.1) is 29.1 Å². The maximum absolute atomic E-state index is 12.3. The molecule has 0 bridgehead atoms. The Bertz CT molecular complexity index is 1060. The second kappa shape index (κ2) is 11.0. The van der Waals surface area contributed by atoms with E-state index in [1.807, 2.05) is 6.92 Å². The molecule has 1 atom stereocenters. The number of carbonyl (C=O) groups excluding carboxylic acids is 4. The fourth-order valence-electron chi connectivity index (χ4n) is 3.05. The number of hydrazine groups is 1. The van der Waals surface area contributed by atoms with Crippen LogP contribution < -0.4 is 15.5 Å². The molecule has 1 fully saturated rings. The highest BCUT2D eigenvalue weighted by molar-refractivity contribution is 6.42.